The van der Waals surface area contributed by atoms with Gasteiger partial charge < -0.3 is 0 Å². The van der Waals surface area contributed by atoms with Crippen LogP contribution in [-0.4, -0.2) is 15.0 Å². The van der Waals surface area contributed by atoms with Crippen LogP contribution in [0.5, 0.6) is 0 Å². The number of hydrogen-bond donors (Lipinski definition) is 0. The number of benzene rings is 5. The van der Waals surface area contributed by atoms with Gasteiger partial charge in [0.1, 0.15) is 12.7 Å². The zero-order valence-electron chi connectivity index (χ0n) is 21.7. The highest BCUT2D eigenvalue weighted by molar-refractivity contribution is 6.03. The minimum absolute atomic E-state index is 0.478. The summed E-state index contributed by atoms with van der Waals surface area (Å²) in [6, 6.07) is 37.6. The van der Waals surface area contributed by atoms with Crippen LogP contribution in [0.15, 0.2) is 116 Å². The average molecular weight is 504 g/mol. The molecule has 1 aromatic heterocycles. The molecule has 5 nitrogen and oxygen atoms in total. The van der Waals surface area contributed by atoms with Gasteiger partial charge in [0.15, 0.2) is 0 Å². The Morgan fingerprint density at radius 3 is 2.03 bits per heavy atom. The van der Waals surface area contributed by atoms with Gasteiger partial charge in [-0.2, -0.15) is 5.26 Å². The average Bonchev–Trinajstić information content (AvgIpc) is 2.98. The quantitative estimate of drug-likeness (QED) is 0.237. The Bertz CT molecular complexity index is 1850. The summed E-state index contributed by atoms with van der Waals surface area (Å²) >= 11 is 0. The molecular formula is C34H25N5. The third-order valence-electron chi connectivity index (χ3n) is 7.00. The third-order valence-corrected chi connectivity index (χ3v) is 7.00. The number of nitrogens with zero attached hydrogens (tertiary/aromatic N) is 5. The summed E-state index contributed by atoms with van der Waals surface area (Å²) in [7, 11) is 0. The van der Waals surface area contributed by atoms with Crippen molar-refractivity contribution in [3.63, 3.8) is 0 Å². The minimum atomic E-state index is 0.478. The van der Waals surface area contributed by atoms with Crippen LogP contribution < -0.4 is 4.90 Å². The molecule has 0 aliphatic rings. The van der Waals surface area contributed by atoms with Gasteiger partial charge in [0.2, 0.25) is 5.95 Å². The molecule has 6 rings (SSSR count). The molecule has 0 aliphatic heterocycles. The maximum Gasteiger partial charge on any atom is 0.237 e. The number of nitriles is 1. The molecule has 5 heteroatoms. The van der Waals surface area contributed by atoms with Crippen molar-refractivity contribution in [2.45, 2.75) is 13.8 Å². The van der Waals surface area contributed by atoms with Crippen LogP contribution in [0.3, 0.4) is 0 Å². The highest BCUT2D eigenvalue weighted by Crippen LogP contribution is 2.42. The van der Waals surface area contributed by atoms with Crippen molar-refractivity contribution >= 4 is 28.1 Å². The molecule has 0 aliphatic carbocycles. The van der Waals surface area contributed by atoms with Gasteiger partial charge in [0.25, 0.3) is 0 Å². The summed E-state index contributed by atoms with van der Waals surface area (Å²) in [5, 5.41) is 11.8. The number of anilines is 3. The van der Waals surface area contributed by atoms with Crippen molar-refractivity contribution in [2.24, 2.45) is 0 Å². The monoisotopic (exact) mass is 503 g/mol. The fraction of sp³-hybridized carbons (Fsp3) is 0.0588. The zero-order valence-corrected chi connectivity index (χ0v) is 21.7. The molecule has 0 N–H and O–H groups in total. The number of rotatable bonds is 5. The van der Waals surface area contributed by atoms with E-state index in [2.05, 4.69) is 114 Å². The van der Waals surface area contributed by atoms with E-state index in [4.69, 9.17) is 0 Å². The Morgan fingerprint density at radius 1 is 0.667 bits per heavy atom. The van der Waals surface area contributed by atoms with E-state index in [9.17, 15) is 5.26 Å². The van der Waals surface area contributed by atoms with E-state index in [1.807, 2.05) is 23.1 Å². The molecule has 6 aromatic rings. The van der Waals surface area contributed by atoms with E-state index in [1.165, 1.54) is 29.3 Å². The van der Waals surface area contributed by atoms with Gasteiger partial charge in [-0.1, -0.05) is 66.7 Å². The number of hydrogen-bond acceptors (Lipinski definition) is 5. The lowest BCUT2D eigenvalue weighted by Crippen LogP contribution is -2.14. The van der Waals surface area contributed by atoms with Gasteiger partial charge in [-0.05, 0) is 89.0 Å². The van der Waals surface area contributed by atoms with E-state index in [1.54, 1.807) is 6.07 Å². The van der Waals surface area contributed by atoms with Crippen molar-refractivity contribution in [1.29, 1.82) is 5.26 Å². The second-order valence-electron chi connectivity index (χ2n) is 9.50. The second-order valence-corrected chi connectivity index (χ2v) is 9.50. The molecule has 0 fully saturated rings. The zero-order chi connectivity index (χ0) is 26.8. The molecule has 186 valence electrons. The molecule has 0 spiro atoms. The molecule has 0 saturated carbocycles. The molecule has 39 heavy (non-hydrogen) atoms. The van der Waals surface area contributed by atoms with Gasteiger partial charge in [-0.15, -0.1) is 0 Å². The van der Waals surface area contributed by atoms with E-state index in [0.717, 1.165) is 38.8 Å². The predicted molar refractivity (Wildman–Crippen MR) is 157 cm³/mol. The number of aromatic nitrogens is 3. The van der Waals surface area contributed by atoms with Gasteiger partial charge >= 0.3 is 0 Å². The third kappa shape index (κ3) is 4.60. The topological polar surface area (TPSA) is 65.7 Å². The van der Waals surface area contributed by atoms with Gasteiger partial charge in [-0.3, -0.25) is 4.90 Å². The summed E-state index contributed by atoms with van der Waals surface area (Å²) in [6.45, 7) is 4.27. The van der Waals surface area contributed by atoms with Crippen molar-refractivity contribution in [3.8, 4) is 28.3 Å². The van der Waals surface area contributed by atoms with E-state index >= 15 is 0 Å². The Kier molecular flexibility index (Phi) is 6.28. The van der Waals surface area contributed by atoms with Crippen LogP contribution in [0, 0.1) is 25.2 Å². The fourth-order valence-electron chi connectivity index (χ4n) is 5.08. The molecule has 0 bridgehead atoms. The van der Waals surface area contributed by atoms with Crippen LogP contribution in [0.25, 0.3) is 33.0 Å². The van der Waals surface area contributed by atoms with Crippen LogP contribution in [0.4, 0.5) is 17.3 Å². The lowest BCUT2D eigenvalue weighted by Gasteiger charge is -2.25. The summed E-state index contributed by atoms with van der Waals surface area (Å²) in [5.74, 6) is 0.478. The molecular weight excluding hydrogens is 478 g/mol. The number of fused-ring (bicyclic) bond motifs is 1. The van der Waals surface area contributed by atoms with Gasteiger partial charge in [-0.25, -0.2) is 15.0 Å². The van der Waals surface area contributed by atoms with Crippen molar-refractivity contribution in [3.05, 3.63) is 132 Å². The van der Waals surface area contributed by atoms with Gasteiger partial charge in [0.05, 0.1) is 23.0 Å². The normalized spacial score (nSPS) is 10.8. The van der Waals surface area contributed by atoms with Crippen molar-refractivity contribution < 1.29 is 0 Å². The van der Waals surface area contributed by atoms with Crippen LogP contribution in [0.2, 0.25) is 0 Å². The largest absolute Gasteiger partial charge is 0.278 e. The first-order valence-corrected chi connectivity index (χ1v) is 12.7. The summed E-state index contributed by atoms with van der Waals surface area (Å²) in [6.07, 6.45) is 2.99. The molecule has 0 atom stereocenters. The van der Waals surface area contributed by atoms with E-state index in [-0.39, 0.29) is 0 Å². The Labute approximate surface area is 227 Å². The lowest BCUT2D eigenvalue weighted by molar-refractivity contribution is 1.01. The standard InChI is InChI=1S/C34H25N5/c1-23-8-3-5-12-30(23)26-14-15-32-27(17-26)18-28(31-13-6-4-9-24(31)2)19-33(32)39(34-37-21-36-22-38-34)29-11-7-10-25(16-29)20-35/h3-19,21-22H,1-2H3. The Hall–Kier alpha value is -5.34. The molecule has 0 unspecified atom stereocenters. The van der Waals surface area contributed by atoms with Crippen LogP contribution in [0.1, 0.15) is 16.7 Å². The lowest BCUT2D eigenvalue weighted by atomic mass is 9.93. The summed E-state index contributed by atoms with van der Waals surface area (Å²) in [4.78, 5) is 15.1. The summed E-state index contributed by atoms with van der Waals surface area (Å²) < 4.78 is 0. The molecule has 5 aromatic carbocycles. The molecule has 0 saturated heterocycles. The van der Waals surface area contributed by atoms with Gasteiger partial charge in [0, 0.05) is 5.39 Å². The first kappa shape index (κ1) is 24.0. The highest BCUT2D eigenvalue weighted by atomic mass is 15.3. The van der Waals surface area contributed by atoms with E-state index in [0.29, 0.717) is 11.5 Å². The first-order chi connectivity index (χ1) is 19.1. The predicted octanol–water partition coefficient (Wildman–Crippen LogP) is 8.32. The first-order valence-electron chi connectivity index (χ1n) is 12.7. The number of aryl methyl sites for hydroxylation is 2. The Balaban J connectivity index is 1.67. The fourth-order valence-corrected chi connectivity index (χ4v) is 5.08. The maximum atomic E-state index is 9.63. The smallest absolute Gasteiger partial charge is 0.237 e. The molecule has 0 radical (unpaired) electrons. The van der Waals surface area contributed by atoms with Crippen molar-refractivity contribution in [1.82, 2.24) is 15.0 Å². The molecule has 1 heterocycles. The second kappa shape index (κ2) is 10.2. The molecule has 0 amide bonds. The SMILES string of the molecule is Cc1ccccc1-c1ccc2c(N(c3cccc(C#N)c3)c3ncncn3)cc(-c3ccccc3C)cc2c1. The minimum Gasteiger partial charge on any atom is -0.278 e. The van der Waals surface area contributed by atoms with Crippen LogP contribution in [-0.2, 0) is 0 Å². The highest BCUT2D eigenvalue weighted by Gasteiger charge is 2.20. The van der Waals surface area contributed by atoms with Crippen molar-refractivity contribution in [2.75, 3.05) is 4.90 Å². The van der Waals surface area contributed by atoms with Crippen LogP contribution >= 0.6 is 0 Å². The summed E-state index contributed by atoms with van der Waals surface area (Å²) in [5.41, 5.74) is 9.31. The Morgan fingerprint density at radius 2 is 1.33 bits per heavy atom. The maximum absolute atomic E-state index is 9.63. The van der Waals surface area contributed by atoms with E-state index < -0.39 is 0 Å².